The third kappa shape index (κ3) is 6.03. The van der Waals surface area contributed by atoms with E-state index < -0.39 is 11.8 Å². The molecule has 5 atom stereocenters. The molecule has 4 aromatic rings. The van der Waals surface area contributed by atoms with E-state index in [-0.39, 0.29) is 42.6 Å². The predicted molar refractivity (Wildman–Crippen MR) is 202 cm³/mol. The third-order valence-corrected chi connectivity index (χ3v) is 11.9. The number of aryl methyl sites for hydroxylation is 1. The van der Waals surface area contributed by atoms with Gasteiger partial charge in [0, 0.05) is 32.2 Å². The number of nitrogens with zero attached hydrogens (tertiary/aromatic N) is 6. The highest BCUT2D eigenvalue weighted by Crippen LogP contribution is 2.46. The Morgan fingerprint density at radius 2 is 1.93 bits per heavy atom. The molecule has 0 N–H and O–H groups in total. The number of fused-ring (bicyclic) bond motifs is 7. The minimum absolute atomic E-state index is 0.0520. The number of halogens is 1. The number of pyridine rings is 1. The lowest BCUT2D eigenvalue weighted by atomic mass is 9.95. The van der Waals surface area contributed by atoms with E-state index in [1.54, 1.807) is 7.11 Å². The summed E-state index contributed by atoms with van der Waals surface area (Å²) in [5.74, 6) is 1.77. The maximum Gasteiger partial charge on any atom is 0.410 e. The Bertz CT molecular complexity index is 2110. The smallest absolute Gasteiger partial charge is 0.410 e. The minimum Gasteiger partial charge on any atom is -0.475 e. The van der Waals surface area contributed by atoms with Gasteiger partial charge >= 0.3 is 12.1 Å². The first-order valence-corrected chi connectivity index (χ1v) is 19.4. The lowest BCUT2D eigenvalue weighted by molar-refractivity contribution is 0.00537. The third-order valence-electron chi connectivity index (χ3n) is 11.9. The number of alkyl halides is 1. The number of rotatable bonds is 8. The van der Waals surface area contributed by atoms with Crippen LogP contribution in [0.1, 0.15) is 65.4 Å². The number of hydrogen-bond acceptors (Lipinski definition) is 11. The molecule has 12 nitrogen and oxygen atoms in total. The fourth-order valence-corrected chi connectivity index (χ4v) is 9.68. The largest absolute Gasteiger partial charge is 0.475 e. The maximum atomic E-state index is 14.7. The van der Waals surface area contributed by atoms with E-state index in [9.17, 15) is 9.18 Å². The summed E-state index contributed by atoms with van der Waals surface area (Å²) in [6.07, 6.45) is 3.69. The molecule has 286 valence electrons. The summed E-state index contributed by atoms with van der Waals surface area (Å²) in [7, 11) is 1.60. The van der Waals surface area contributed by atoms with Gasteiger partial charge < -0.3 is 28.6 Å². The molecular formula is C41H49FN6O6. The second-order valence-corrected chi connectivity index (χ2v) is 16.5. The van der Waals surface area contributed by atoms with Crippen LogP contribution in [0.25, 0.3) is 32.9 Å². The van der Waals surface area contributed by atoms with Gasteiger partial charge in [-0.05, 0) is 94.0 Å². The Morgan fingerprint density at radius 3 is 2.74 bits per heavy atom. The van der Waals surface area contributed by atoms with Crippen LogP contribution < -0.4 is 19.1 Å². The van der Waals surface area contributed by atoms with Crippen LogP contribution in [0.4, 0.5) is 15.0 Å². The van der Waals surface area contributed by atoms with E-state index in [0.717, 1.165) is 55.0 Å². The van der Waals surface area contributed by atoms with E-state index in [2.05, 4.69) is 34.9 Å². The predicted octanol–water partition coefficient (Wildman–Crippen LogP) is 6.69. The number of benzene rings is 2. The topological polar surface area (TPSA) is 112 Å². The molecule has 0 radical (unpaired) electrons. The monoisotopic (exact) mass is 740 g/mol. The van der Waals surface area contributed by atoms with Crippen LogP contribution in [0.15, 0.2) is 36.4 Å². The van der Waals surface area contributed by atoms with Crippen molar-refractivity contribution in [3.05, 3.63) is 42.0 Å². The zero-order valence-electron chi connectivity index (χ0n) is 31.8. The van der Waals surface area contributed by atoms with Gasteiger partial charge in [-0.15, -0.1) is 0 Å². The molecule has 5 aliphatic rings. The average Bonchev–Trinajstić information content (AvgIpc) is 3.75. The number of aromatic nitrogens is 3. The number of piperazine rings is 1. The summed E-state index contributed by atoms with van der Waals surface area (Å²) in [6.45, 7) is 10.4. The first-order chi connectivity index (χ1) is 26.0. The molecule has 2 aromatic carbocycles. The highest BCUT2D eigenvalue weighted by atomic mass is 19.1. The van der Waals surface area contributed by atoms with Crippen LogP contribution in [0, 0.1) is 0 Å². The summed E-state index contributed by atoms with van der Waals surface area (Å²) in [4.78, 5) is 35.4. The van der Waals surface area contributed by atoms with E-state index in [0.29, 0.717) is 66.8 Å². The zero-order valence-corrected chi connectivity index (χ0v) is 31.8. The molecule has 0 unspecified atom stereocenters. The van der Waals surface area contributed by atoms with Gasteiger partial charge in [-0.25, -0.2) is 14.2 Å². The molecule has 2 aromatic heterocycles. The van der Waals surface area contributed by atoms with Gasteiger partial charge in [0.05, 0.1) is 34.9 Å². The van der Waals surface area contributed by atoms with E-state index in [4.69, 9.17) is 38.6 Å². The van der Waals surface area contributed by atoms with Crippen molar-refractivity contribution in [3.63, 3.8) is 0 Å². The number of carbonyl (C=O) groups excluding carboxylic acids is 1. The van der Waals surface area contributed by atoms with Crippen molar-refractivity contribution in [2.45, 2.75) is 102 Å². The summed E-state index contributed by atoms with van der Waals surface area (Å²) >= 11 is 0. The highest BCUT2D eigenvalue weighted by Gasteiger charge is 2.52. The molecule has 0 spiro atoms. The van der Waals surface area contributed by atoms with Crippen molar-refractivity contribution in [1.82, 2.24) is 24.8 Å². The van der Waals surface area contributed by atoms with Gasteiger partial charge in [-0.2, -0.15) is 9.97 Å². The molecule has 9 rings (SSSR count). The Hall–Kier alpha value is -4.49. The number of anilines is 1. The number of carbonyl (C=O) groups is 1. The van der Waals surface area contributed by atoms with Crippen molar-refractivity contribution in [1.29, 1.82) is 0 Å². The van der Waals surface area contributed by atoms with Gasteiger partial charge in [-0.1, -0.05) is 25.1 Å². The van der Waals surface area contributed by atoms with Gasteiger partial charge in [0.15, 0.2) is 6.79 Å². The fraction of sp³-hybridized carbons (Fsp3) is 0.561. The van der Waals surface area contributed by atoms with Gasteiger partial charge in [0.25, 0.3) is 0 Å². The van der Waals surface area contributed by atoms with Crippen LogP contribution >= 0.6 is 0 Å². The lowest BCUT2D eigenvalue weighted by Crippen LogP contribution is -2.63. The van der Waals surface area contributed by atoms with E-state index in [1.807, 2.05) is 43.9 Å². The second-order valence-electron chi connectivity index (χ2n) is 16.5. The van der Waals surface area contributed by atoms with Crippen molar-refractivity contribution in [2.24, 2.45) is 0 Å². The Balaban J connectivity index is 1.17. The number of hydrogen-bond donors (Lipinski definition) is 0. The quantitative estimate of drug-likeness (QED) is 0.180. The van der Waals surface area contributed by atoms with Crippen molar-refractivity contribution in [3.8, 4) is 28.9 Å². The molecule has 7 heterocycles. The number of ether oxygens (including phenoxy) is 5. The van der Waals surface area contributed by atoms with Crippen molar-refractivity contribution in [2.75, 3.05) is 51.7 Å². The molecule has 0 aliphatic carbocycles. The zero-order chi connectivity index (χ0) is 37.4. The van der Waals surface area contributed by atoms with Gasteiger partial charge in [0.2, 0.25) is 5.88 Å². The molecule has 0 saturated carbocycles. The standard InChI is InChI=1S/C41H49FN6O6/c1-6-24-9-7-10-25-15-28(53-23-50-5)16-29(34(24)25)30-17-31-35-36(45-38(44-31)52-22-41-13-8-14-46(41)19-26(42)18-41)47-20-27-11-12-32(33(47)21-51-37(35)43-30)48(27)39(49)54-40(2,3)4/h7,9-10,15-17,26-27,32-33H,6,8,11-14,18-23H2,1-5H3/t26-,27-,32+,33+,41+/m1/s1. The van der Waals surface area contributed by atoms with Crippen molar-refractivity contribution < 1.29 is 32.9 Å². The Kier molecular flexibility index (Phi) is 8.72. The molecule has 13 heteroatoms. The van der Waals surface area contributed by atoms with E-state index >= 15 is 0 Å². The minimum atomic E-state index is -0.867. The molecule has 5 aliphatic heterocycles. The van der Waals surface area contributed by atoms with Gasteiger partial charge in [0.1, 0.15) is 41.9 Å². The normalized spacial score (nSPS) is 26.1. The van der Waals surface area contributed by atoms with Crippen LogP contribution in [-0.2, 0) is 15.9 Å². The number of amides is 1. The van der Waals surface area contributed by atoms with Crippen molar-refractivity contribution >= 4 is 33.6 Å². The highest BCUT2D eigenvalue weighted by molar-refractivity contribution is 6.03. The van der Waals surface area contributed by atoms with Crippen LogP contribution in [0.2, 0.25) is 0 Å². The van der Waals surface area contributed by atoms with Gasteiger partial charge in [-0.3, -0.25) is 9.80 Å². The molecule has 4 fully saturated rings. The maximum absolute atomic E-state index is 14.7. The SMILES string of the molecule is CCc1cccc2cc(OCOC)cc(-c3cc4nc(OC[C@@]56CCCN5C[C@H](F)C6)nc5c4c(n3)OC[C@H]3[C@@H]4CC[C@H](CN53)N4C(=O)OC(C)(C)C)c12. The summed E-state index contributed by atoms with van der Waals surface area (Å²) in [6, 6.07) is 12.1. The summed E-state index contributed by atoms with van der Waals surface area (Å²) < 4.78 is 45.1. The molecule has 2 bridgehead atoms. The second kappa shape index (κ2) is 13.4. The number of methoxy groups -OCH3 is 1. The van der Waals surface area contributed by atoms with E-state index in [1.165, 1.54) is 5.56 Å². The van der Waals surface area contributed by atoms with Crippen LogP contribution in [-0.4, -0.2) is 113 Å². The molecular weight excluding hydrogens is 691 g/mol. The summed E-state index contributed by atoms with van der Waals surface area (Å²) in [5, 5.41) is 2.81. The molecule has 4 saturated heterocycles. The Morgan fingerprint density at radius 1 is 1.06 bits per heavy atom. The molecule has 54 heavy (non-hydrogen) atoms. The Labute approximate surface area is 314 Å². The first-order valence-electron chi connectivity index (χ1n) is 19.4. The molecule has 1 amide bonds. The summed E-state index contributed by atoms with van der Waals surface area (Å²) in [5.41, 5.74) is 2.41. The fourth-order valence-electron chi connectivity index (χ4n) is 9.68. The lowest BCUT2D eigenvalue weighted by Gasteiger charge is -2.46. The van der Waals surface area contributed by atoms with Crippen LogP contribution in [0.5, 0.6) is 17.6 Å². The average molecular weight is 741 g/mol. The van der Waals surface area contributed by atoms with Crippen LogP contribution in [0.3, 0.4) is 0 Å². The first kappa shape index (κ1) is 35.2.